The van der Waals surface area contributed by atoms with Crippen LogP contribution < -0.4 is 10.1 Å². The molecule has 0 aromatic carbocycles. The minimum absolute atomic E-state index is 0.0139. The molecular weight excluding hydrogens is 280 g/mol. The van der Waals surface area contributed by atoms with Crippen molar-refractivity contribution >= 4 is 17.5 Å². The van der Waals surface area contributed by atoms with Crippen molar-refractivity contribution in [2.75, 3.05) is 6.61 Å². The van der Waals surface area contributed by atoms with Crippen LogP contribution in [0.25, 0.3) is 0 Å². The number of carbonyl (C=O) groups is 1. The number of ether oxygens (including phenoxy) is 1. The van der Waals surface area contributed by atoms with Gasteiger partial charge < -0.3 is 15.2 Å². The summed E-state index contributed by atoms with van der Waals surface area (Å²) in [5.41, 5.74) is 0.391. The van der Waals surface area contributed by atoms with Crippen molar-refractivity contribution < 1.29 is 14.6 Å². The van der Waals surface area contributed by atoms with Gasteiger partial charge in [-0.2, -0.15) is 0 Å². The number of hydrogen-bond donors (Lipinski definition) is 2. The van der Waals surface area contributed by atoms with E-state index in [4.69, 9.17) is 21.4 Å². The van der Waals surface area contributed by atoms with Gasteiger partial charge >= 0.3 is 0 Å². The summed E-state index contributed by atoms with van der Waals surface area (Å²) in [5.74, 6) is 0.0903. The van der Waals surface area contributed by atoms with Crippen molar-refractivity contribution in [3.8, 4) is 5.88 Å². The van der Waals surface area contributed by atoms with Crippen molar-refractivity contribution in [1.82, 2.24) is 10.3 Å². The maximum atomic E-state index is 12.0. The highest BCUT2D eigenvalue weighted by molar-refractivity contribution is 6.32. The van der Waals surface area contributed by atoms with E-state index >= 15 is 0 Å². The van der Waals surface area contributed by atoms with Crippen molar-refractivity contribution in [2.45, 2.75) is 45.8 Å². The molecule has 20 heavy (non-hydrogen) atoms. The molecule has 2 N–H and O–H groups in total. The van der Waals surface area contributed by atoms with Crippen molar-refractivity contribution in [3.05, 3.63) is 22.8 Å². The van der Waals surface area contributed by atoms with Gasteiger partial charge in [0.25, 0.3) is 5.91 Å². The Morgan fingerprint density at radius 1 is 1.50 bits per heavy atom. The van der Waals surface area contributed by atoms with Crippen molar-refractivity contribution in [1.29, 1.82) is 0 Å². The number of nitrogens with one attached hydrogen (secondary N) is 1. The second-order valence-electron chi connectivity index (χ2n) is 4.92. The predicted octanol–water partition coefficient (Wildman–Crippen LogP) is 2.41. The van der Waals surface area contributed by atoms with Crippen LogP contribution in [-0.2, 0) is 0 Å². The van der Waals surface area contributed by atoms with E-state index in [1.807, 2.05) is 20.8 Å². The summed E-state index contributed by atoms with van der Waals surface area (Å²) in [5, 5.41) is 11.9. The van der Waals surface area contributed by atoms with Crippen LogP contribution >= 0.6 is 11.6 Å². The summed E-state index contributed by atoms with van der Waals surface area (Å²) >= 11 is 6.04. The largest absolute Gasteiger partial charge is 0.474 e. The summed E-state index contributed by atoms with van der Waals surface area (Å²) in [6, 6.07) is 1.53. The fourth-order valence-corrected chi connectivity index (χ4v) is 1.85. The maximum Gasteiger partial charge on any atom is 0.253 e. The van der Waals surface area contributed by atoms with Gasteiger partial charge in [-0.15, -0.1) is 0 Å². The van der Waals surface area contributed by atoms with Crippen LogP contribution in [0.4, 0.5) is 0 Å². The Kier molecular flexibility index (Phi) is 6.75. The highest BCUT2D eigenvalue weighted by atomic mass is 35.5. The Hall–Kier alpha value is -1.33. The Morgan fingerprint density at radius 3 is 2.75 bits per heavy atom. The van der Waals surface area contributed by atoms with Crippen LogP contribution in [0.1, 0.15) is 44.0 Å². The lowest BCUT2D eigenvalue weighted by Gasteiger charge is -2.14. The van der Waals surface area contributed by atoms with Gasteiger partial charge in [0, 0.05) is 18.8 Å². The van der Waals surface area contributed by atoms with Crippen LogP contribution in [0.3, 0.4) is 0 Å². The molecule has 0 fully saturated rings. The first-order valence-electron chi connectivity index (χ1n) is 6.68. The van der Waals surface area contributed by atoms with Crippen LogP contribution in [-0.4, -0.2) is 34.8 Å². The zero-order chi connectivity index (χ0) is 15.1. The first kappa shape index (κ1) is 16.7. The number of aliphatic hydroxyl groups is 1. The summed E-state index contributed by atoms with van der Waals surface area (Å²) in [6.07, 6.45) is 2.79. The van der Waals surface area contributed by atoms with E-state index in [1.54, 1.807) is 6.07 Å². The molecule has 1 amide bonds. The summed E-state index contributed by atoms with van der Waals surface area (Å²) in [7, 11) is 0. The number of carbonyl (C=O) groups excluding carboxylic acids is 1. The molecule has 0 radical (unpaired) electrons. The lowest BCUT2D eigenvalue weighted by atomic mass is 10.1. The maximum absolute atomic E-state index is 12.0. The Labute approximate surface area is 124 Å². The molecule has 0 saturated carbocycles. The molecule has 0 aliphatic heterocycles. The monoisotopic (exact) mass is 300 g/mol. The van der Waals surface area contributed by atoms with Gasteiger partial charge in [-0.3, -0.25) is 4.79 Å². The van der Waals surface area contributed by atoms with E-state index in [2.05, 4.69) is 10.3 Å². The van der Waals surface area contributed by atoms with E-state index in [1.165, 1.54) is 6.20 Å². The third-order valence-corrected chi connectivity index (χ3v) is 2.86. The van der Waals surface area contributed by atoms with Crippen LogP contribution in [0.5, 0.6) is 5.88 Å². The number of hydrogen-bond acceptors (Lipinski definition) is 4. The fraction of sp³-hybridized carbons (Fsp3) is 0.571. The highest BCUT2D eigenvalue weighted by Gasteiger charge is 2.13. The second kappa shape index (κ2) is 8.07. The lowest BCUT2D eigenvalue weighted by molar-refractivity contribution is 0.0936. The Balaban J connectivity index is 2.67. The summed E-state index contributed by atoms with van der Waals surface area (Å²) < 4.78 is 5.41. The van der Waals surface area contributed by atoms with E-state index in [9.17, 15) is 4.79 Å². The topological polar surface area (TPSA) is 71.5 Å². The number of nitrogens with zero attached hydrogens (tertiary/aromatic N) is 1. The van der Waals surface area contributed by atoms with E-state index in [0.29, 0.717) is 22.9 Å². The van der Waals surface area contributed by atoms with Crippen LogP contribution in [0.15, 0.2) is 12.3 Å². The van der Waals surface area contributed by atoms with Gasteiger partial charge in [-0.05, 0) is 39.7 Å². The van der Waals surface area contributed by atoms with Crippen LogP contribution in [0.2, 0.25) is 5.02 Å². The Bertz CT molecular complexity index is 452. The smallest absolute Gasteiger partial charge is 0.253 e. The molecule has 1 unspecified atom stereocenters. The zero-order valence-electron chi connectivity index (χ0n) is 12.0. The van der Waals surface area contributed by atoms with Gasteiger partial charge in [-0.1, -0.05) is 11.6 Å². The molecule has 0 aliphatic carbocycles. The molecule has 0 saturated heterocycles. The third-order valence-electron chi connectivity index (χ3n) is 2.59. The number of rotatable bonds is 7. The molecule has 6 heteroatoms. The molecule has 1 aromatic rings. The average molecular weight is 301 g/mol. The molecule has 1 aromatic heterocycles. The molecule has 1 atom stereocenters. The molecule has 0 spiro atoms. The highest BCUT2D eigenvalue weighted by Crippen LogP contribution is 2.23. The quantitative estimate of drug-likeness (QED) is 0.811. The minimum Gasteiger partial charge on any atom is -0.474 e. The molecule has 112 valence electrons. The number of amides is 1. The zero-order valence-corrected chi connectivity index (χ0v) is 12.8. The van der Waals surface area contributed by atoms with Gasteiger partial charge in [0.15, 0.2) is 0 Å². The number of aromatic nitrogens is 1. The predicted molar refractivity (Wildman–Crippen MR) is 78.3 cm³/mol. The van der Waals surface area contributed by atoms with Crippen molar-refractivity contribution in [3.63, 3.8) is 0 Å². The number of aliphatic hydroxyl groups excluding tert-OH is 1. The average Bonchev–Trinajstić information content (AvgIpc) is 2.38. The van der Waals surface area contributed by atoms with E-state index in [-0.39, 0.29) is 24.7 Å². The molecule has 5 nitrogen and oxygen atoms in total. The van der Waals surface area contributed by atoms with Crippen LogP contribution in [0, 0.1) is 0 Å². The summed E-state index contributed by atoms with van der Waals surface area (Å²) in [6.45, 7) is 5.76. The standard InChI is InChI=1S/C14H21ClN2O3/c1-9(2)20-14-12(15)7-11(8-16-14)13(19)17-10(3)5-4-6-18/h7-10,18H,4-6H2,1-3H3,(H,17,19). The van der Waals surface area contributed by atoms with Gasteiger partial charge in [0.2, 0.25) is 5.88 Å². The molecule has 1 rings (SSSR count). The summed E-state index contributed by atoms with van der Waals surface area (Å²) in [4.78, 5) is 16.0. The number of pyridine rings is 1. The second-order valence-corrected chi connectivity index (χ2v) is 5.33. The first-order valence-corrected chi connectivity index (χ1v) is 7.05. The normalized spacial score (nSPS) is 12.3. The third kappa shape index (κ3) is 5.35. The Morgan fingerprint density at radius 2 is 2.20 bits per heavy atom. The van der Waals surface area contributed by atoms with Gasteiger partial charge in [0.1, 0.15) is 5.02 Å². The van der Waals surface area contributed by atoms with E-state index in [0.717, 1.165) is 6.42 Å². The lowest BCUT2D eigenvalue weighted by Crippen LogP contribution is -2.32. The SMILES string of the molecule is CC(CCCO)NC(=O)c1cnc(OC(C)C)c(Cl)c1. The molecule has 1 heterocycles. The minimum atomic E-state index is -0.235. The first-order chi connectivity index (χ1) is 9.43. The van der Waals surface area contributed by atoms with E-state index < -0.39 is 0 Å². The molecule has 0 bridgehead atoms. The fourth-order valence-electron chi connectivity index (χ4n) is 1.64. The van der Waals surface area contributed by atoms with Crippen molar-refractivity contribution in [2.24, 2.45) is 0 Å². The van der Waals surface area contributed by atoms with Gasteiger partial charge in [-0.25, -0.2) is 4.98 Å². The molecule has 0 aliphatic rings. The van der Waals surface area contributed by atoms with Gasteiger partial charge in [0.05, 0.1) is 11.7 Å². The molecular formula is C14H21ClN2O3. The number of halogens is 1.